The van der Waals surface area contributed by atoms with Gasteiger partial charge in [-0.1, -0.05) is 54.6 Å². The number of methoxy groups -OCH3 is 1. The third-order valence-corrected chi connectivity index (χ3v) is 11.2. The van der Waals surface area contributed by atoms with E-state index >= 15 is 0 Å². The summed E-state index contributed by atoms with van der Waals surface area (Å²) < 4.78 is 50.2. The van der Waals surface area contributed by atoms with E-state index in [1.54, 1.807) is 47.4 Å². The lowest BCUT2D eigenvalue weighted by molar-refractivity contribution is -0.285. The highest BCUT2D eigenvalue weighted by molar-refractivity contribution is 7.91. The van der Waals surface area contributed by atoms with Gasteiger partial charge < -0.3 is 39.9 Å². The van der Waals surface area contributed by atoms with Gasteiger partial charge in [0.15, 0.2) is 16.1 Å². The van der Waals surface area contributed by atoms with Crippen LogP contribution in [0.5, 0.6) is 5.75 Å². The van der Waals surface area contributed by atoms with Gasteiger partial charge in [-0.05, 0) is 72.0 Å². The summed E-state index contributed by atoms with van der Waals surface area (Å²) in [6, 6.07) is 25.0. The van der Waals surface area contributed by atoms with Crippen molar-refractivity contribution in [1.29, 1.82) is 0 Å². The molecule has 5 N–H and O–H groups in total. The number of ether oxygens (including phenoxy) is 2. The number of carbonyl (C=O) groups is 1. The maximum Gasteiger partial charge on any atom is 0.233 e. The van der Waals surface area contributed by atoms with Crippen molar-refractivity contribution in [3.8, 4) is 16.9 Å². The van der Waals surface area contributed by atoms with Gasteiger partial charge in [0.1, 0.15) is 36.0 Å². The first-order chi connectivity index (χ1) is 23.9. The molecule has 13 heteroatoms. The predicted octanol–water partition coefficient (Wildman–Crippen LogP) is 3.64. The summed E-state index contributed by atoms with van der Waals surface area (Å²) >= 11 is 0. The molecule has 2 heterocycles. The lowest BCUT2D eigenvalue weighted by Crippen LogP contribution is -2.59. The van der Waals surface area contributed by atoms with Crippen LogP contribution in [0.4, 0.5) is 10.1 Å². The van der Waals surface area contributed by atoms with E-state index in [0.29, 0.717) is 34.4 Å². The smallest absolute Gasteiger partial charge is 0.233 e. The zero-order valence-corrected chi connectivity index (χ0v) is 27.8. The Labute approximate surface area is 288 Å². The van der Waals surface area contributed by atoms with Crippen molar-refractivity contribution in [3.63, 3.8) is 0 Å². The standard InChI is InChI=1S/C37H38FNO10S/c1-48-37-35(44)34(43)33(42)31(49-37)20-50(46,47)26-14-9-21(10-15-26)23-11-16-27(30(41)19-23)32-28(36(45)39(32)25-5-3-2-4-6-25)17-18-29(40)22-7-12-24(38)13-8-22/h2-16,19,28-29,31-35,37,40-44H,17-18,20H2,1H3/t28-,29+,31?,32-,33+,34-,35+,37-/m1/s1. The van der Waals surface area contributed by atoms with Crippen LogP contribution in [0.2, 0.25) is 0 Å². The van der Waals surface area contributed by atoms with Gasteiger partial charge in [-0.2, -0.15) is 0 Å². The molecule has 0 aromatic heterocycles. The third kappa shape index (κ3) is 7.03. The number of aliphatic hydroxyl groups excluding tert-OH is 4. The Bertz CT molecular complexity index is 1910. The highest BCUT2D eigenvalue weighted by Crippen LogP contribution is 2.49. The van der Waals surface area contributed by atoms with E-state index in [1.165, 1.54) is 43.5 Å². The fourth-order valence-corrected chi connectivity index (χ4v) is 8.09. The number of benzene rings is 4. The number of hydrogen-bond donors (Lipinski definition) is 5. The lowest BCUT2D eigenvalue weighted by atomic mass is 9.77. The number of carbonyl (C=O) groups excluding carboxylic acids is 1. The van der Waals surface area contributed by atoms with Gasteiger partial charge in [0.05, 0.1) is 28.7 Å². The number of rotatable bonds is 11. The van der Waals surface area contributed by atoms with E-state index in [1.807, 2.05) is 18.2 Å². The molecule has 0 bridgehead atoms. The Morgan fingerprint density at radius 3 is 2.18 bits per heavy atom. The van der Waals surface area contributed by atoms with E-state index in [2.05, 4.69) is 0 Å². The molecule has 4 aromatic carbocycles. The molecule has 4 aromatic rings. The largest absolute Gasteiger partial charge is 0.508 e. The average Bonchev–Trinajstić information content (AvgIpc) is 3.11. The summed E-state index contributed by atoms with van der Waals surface area (Å²) in [4.78, 5) is 15.0. The van der Waals surface area contributed by atoms with E-state index in [9.17, 15) is 43.1 Å². The minimum Gasteiger partial charge on any atom is -0.508 e. The molecule has 0 spiro atoms. The molecule has 1 unspecified atom stereocenters. The van der Waals surface area contributed by atoms with Crippen LogP contribution >= 0.6 is 0 Å². The number of amides is 1. The average molecular weight is 708 g/mol. The second kappa shape index (κ2) is 14.6. The number of β-lactam (4-membered cyclic amide) rings is 1. The topological polar surface area (TPSA) is 174 Å². The number of phenolic OH excluding ortho intramolecular Hbond substituents is 1. The third-order valence-electron chi connectivity index (χ3n) is 9.43. The molecular formula is C37H38FNO10S. The Morgan fingerprint density at radius 1 is 0.880 bits per heavy atom. The zero-order chi connectivity index (χ0) is 35.7. The molecule has 0 saturated carbocycles. The first-order valence-corrected chi connectivity index (χ1v) is 17.7. The van der Waals surface area contributed by atoms with Crippen LogP contribution in [-0.4, -0.2) is 83.4 Å². The van der Waals surface area contributed by atoms with Gasteiger partial charge in [-0.3, -0.25) is 4.79 Å². The molecule has 50 heavy (non-hydrogen) atoms. The van der Waals surface area contributed by atoms with Crippen molar-refractivity contribution in [3.05, 3.63) is 114 Å². The first-order valence-electron chi connectivity index (χ1n) is 16.1. The Kier molecular flexibility index (Phi) is 10.4. The molecule has 2 aliphatic rings. The number of halogens is 1. The molecule has 264 valence electrons. The van der Waals surface area contributed by atoms with Crippen molar-refractivity contribution < 1.29 is 52.6 Å². The number of nitrogens with zero attached hydrogens (tertiary/aromatic N) is 1. The van der Waals surface area contributed by atoms with E-state index < -0.39 is 70.2 Å². The highest BCUT2D eigenvalue weighted by atomic mass is 32.2. The van der Waals surface area contributed by atoms with Crippen LogP contribution in [0.3, 0.4) is 0 Å². The van der Waals surface area contributed by atoms with Crippen LogP contribution in [-0.2, 0) is 24.1 Å². The summed E-state index contributed by atoms with van der Waals surface area (Å²) in [6.07, 6.45) is -7.87. The Morgan fingerprint density at radius 2 is 1.54 bits per heavy atom. The number of hydrogen-bond acceptors (Lipinski definition) is 10. The molecule has 1 amide bonds. The predicted molar refractivity (Wildman–Crippen MR) is 180 cm³/mol. The number of aromatic hydroxyl groups is 1. The Balaban J connectivity index is 1.20. The van der Waals surface area contributed by atoms with E-state index in [0.717, 1.165) is 0 Å². The molecule has 11 nitrogen and oxygen atoms in total. The highest BCUT2D eigenvalue weighted by Gasteiger charge is 2.49. The fraction of sp³-hybridized carbons (Fsp3) is 0.324. The van der Waals surface area contributed by atoms with Crippen LogP contribution in [0, 0.1) is 11.7 Å². The van der Waals surface area contributed by atoms with Crippen molar-refractivity contribution in [1.82, 2.24) is 0 Å². The van der Waals surface area contributed by atoms with Crippen molar-refractivity contribution >= 4 is 21.4 Å². The number of aliphatic hydroxyl groups is 4. The van der Waals surface area contributed by atoms with Gasteiger partial charge >= 0.3 is 0 Å². The van der Waals surface area contributed by atoms with Gasteiger partial charge in [-0.25, -0.2) is 12.8 Å². The minimum absolute atomic E-state index is 0.0652. The SMILES string of the molecule is CO[C@@H]1OC(CS(=O)(=O)c2ccc(-c3ccc([C@@H]4[C@@H](CC[C@H](O)c5ccc(F)cc5)C(=O)N4c4ccccc4)c(O)c3)cc2)[C@H](O)[C@@H](O)[C@@H]1O. The quantitative estimate of drug-likeness (QED) is 0.145. The zero-order valence-electron chi connectivity index (χ0n) is 27.0. The van der Waals surface area contributed by atoms with Gasteiger partial charge in [0.25, 0.3) is 0 Å². The minimum atomic E-state index is -4.02. The van der Waals surface area contributed by atoms with Gasteiger partial charge in [0.2, 0.25) is 5.91 Å². The van der Waals surface area contributed by atoms with Crippen LogP contribution < -0.4 is 4.90 Å². The summed E-state index contributed by atoms with van der Waals surface area (Å²) in [5, 5.41) is 52.5. The van der Waals surface area contributed by atoms with Crippen LogP contribution in [0.15, 0.2) is 102 Å². The maximum absolute atomic E-state index is 13.5. The van der Waals surface area contributed by atoms with Crippen molar-refractivity contribution in [2.45, 2.75) is 60.6 Å². The Hall–Kier alpha value is -4.21. The maximum atomic E-state index is 13.5. The summed E-state index contributed by atoms with van der Waals surface area (Å²) in [6.45, 7) is 0. The molecule has 6 rings (SSSR count). The first kappa shape index (κ1) is 35.6. The fourth-order valence-electron chi connectivity index (χ4n) is 6.64. The summed E-state index contributed by atoms with van der Waals surface area (Å²) in [5.74, 6) is -1.85. The normalized spacial score (nSPS) is 26.0. The summed E-state index contributed by atoms with van der Waals surface area (Å²) in [5.41, 5.74) is 2.89. The van der Waals surface area contributed by atoms with Crippen LogP contribution in [0.1, 0.15) is 36.1 Å². The summed E-state index contributed by atoms with van der Waals surface area (Å²) in [7, 11) is -2.79. The second-order valence-electron chi connectivity index (χ2n) is 12.6. The van der Waals surface area contributed by atoms with E-state index in [4.69, 9.17) is 9.47 Å². The van der Waals surface area contributed by atoms with Crippen molar-refractivity contribution in [2.75, 3.05) is 17.8 Å². The molecule has 2 saturated heterocycles. The molecule has 2 aliphatic heterocycles. The van der Waals surface area contributed by atoms with E-state index in [-0.39, 0.29) is 23.0 Å². The number of phenols is 1. The number of anilines is 1. The number of para-hydroxylation sites is 1. The van der Waals surface area contributed by atoms with Gasteiger partial charge in [0, 0.05) is 18.4 Å². The van der Waals surface area contributed by atoms with Gasteiger partial charge in [-0.15, -0.1) is 0 Å². The molecular weight excluding hydrogens is 669 g/mol. The lowest BCUT2D eigenvalue weighted by Gasteiger charge is -2.48. The molecule has 2 fully saturated rings. The monoisotopic (exact) mass is 707 g/mol. The van der Waals surface area contributed by atoms with Crippen LogP contribution in [0.25, 0.3) is 11.1 Å². The second-order valence-corrected chi connectivity index (χ2v) is 14.6. The molecule has 8 atom stereocenters. The number of sulfone groups is 1. The molecule has 0 radical (unpaired) electrons. The molecule has 0 aliphatic carbocycles. The van der Waals surface area contributed by atoms with Crippen molar-refractivity contribution in [2.24, 2.45) is 5.92 Å².